The zero-order chi connectivity index (χ0) is 18.5. The molecule has 1 unspecified atom stereocenters. The summed E-state index contributed by atoms with van der Waals surface area (Å²) in [4.78, 5) is 25.0. The highest BCUT2D eigenvalue weighted by molar-refractivity contribution is 9.09. The highest BCUT2D eigenvalue weighted by Crippen LogP contribution is 2.28. The Morgan fingerprint density at radius 2 is 2.04 bits per heavy atom. The maximum atomic E-state index is 13.9. The Labute approximate surface area is 150 Å². The van der Waals surface area contributed by atoms with Crippen LogP contribution in [0.25, 0.3) is 0 Å². The molecule has 1 heterocycles. The summed E-state index contributed by atoms with van der Waals surface area (Å²) in [5.74, 6) is -3.15. The summed E-state index contributed by atoms with van der Waals surface area (Å²) in [5.41, 5.74) is -0.756. The molecule has 0 saturated carbocycles. The van der Waals surface area contributed by atoms with Crippen molar-refractivity contribution in [3.63, 3.8) is 0 Å². The average molecular weight is 413 g/mol. The Hall–Kier alpha value is -0.920. The molecule has 1 N–H and O–H groups in total. The fraction of sp³-hybridized carbons (Fsp3) is 0.875. The summed E-state index contributed by atoms with van der Waals surface area (Å²) in [6, 6.07) is -0.773. The SMILES string of the molecule is CC(CCBr)CC(=O)N[C@H]1CN(C(=O)OC(C)(C)C)CC(F)(F)C1. The predicted octanol–water partition coefficient (Wildman–Crippen LogP) is 3.56. The average Bonchev–Trinajstić information content (AvgIpc) is 2.34. The maximum Gasteiger partial charge on any atom is 0.410 e. The number of alkyl halides is 3. The quantitative estimate of drug-likeness (QED) is 0.702. The first kappa shape index (κ1) is 21.1. The molecule has 1 fully saturated rings. The van der Waals surface area contributed by atoms with Crippen molar-refractivity contribution >= 4 is 27.9 Å². The lowest BCUT2D eigenvalue weighted by molar-refractivity contribution is -0.125. The van der Waals surface area contributed by atoms with Crippen LogP contribution in [0.1, 0.15) is 47.0 Å². The van der Waals surface area contributed by atoms with E-state index in [1.165, 1.54) is 0 Å². The van der Waals surface area contributed by atoms with E-state index in [4.69, 9.17) is 4.74 Å². The number of ether oxygens (including phenoxy) is 1. The predicted molar refractivity (Wildman–Crippen MR) is 91.5 cm³/mol. The van der Waals surface area contributed by atoms with E-state index in [9.17, 15) is 18.4 Å². The van der Waals surface area contributed by atoms with Gasteiger partial charge < -0.3 is 15.0 Å². The van der Waals surface area contributed by atoms with Crippen molar-refractivity contribution in [1.29, 1.82) is 0 Å². The van der Waals surface area contributed by atoms with Crippen LogP contribution in [0.5, 0.6) is 0 Å². The van der Waals surface area contributed by atoms with Gasteiger partial charge in [-0.25, -0.2) is 13.6 Å². The van der Waals surface area contributed by atoms with E-state index >= 15 is 0 Å². The van der Waals surface area contributed by atoms with Gasteiger partial charge in [-0.05, 0) is 33.1 Å². The first-order chi connectivity index (χ1) is 10.9. The van der Waals surface area contributed by atoms with Crippen molar-refractivity contribution in [2.75, 3.05) is 18.4 Å². The van der Waals surface area contributed by atoms with Gasteiger partial charge in [0, 0.05) is 24.7 Å². The van der Waals surface area contributed by atoms with Gasteiger partial charge in [-0.1, -0.05) is 22.9 Å². The molecule has 2 atom stereocenters. The summed E-state index contributed by atoms with van der Waals surface area (Å²) in [6.45, 7) is 6.31. The number of hydrogen-bond acceptors (Lipinski definition) is 3. The lowest BCUT2D eigenvalue weighted by Crippen LogP contribution is -2.57. The van der Waals surface area contributed by atoms with Crippen LogP contribution in [0.3, 0.4) is 0 Å². The van der Waals surface area contributed by atoms with Gasteiger partial charge in [0.1, 0.15) is 5.60 Å². The van der Waals surface area contributed by atoms with E-state index in [1.807, 2.05) is 6.92 Å². The van der Waals surface area contributed by atoms with E-state index in [1.54, 1.807) is 20.8 Å². The van der Waals surface area contributed by atoms with Crippen LogP contribution < -0.4 is 5.32 Å². The lowest BCUT2D eigenvalue weighted by atomic mass is 10.0. The minimum absolute atomic E-state index is 0.0308. The maximum absolute atomic E-state index is 13.9. The van der Waals surface area contributed by atoms with E-state index in [0.29, 0.717) is 0 Å². The summed E-state index contributed by atoms with van der Waals surface area (Å²) < 4.78 is 33.0. The minimum atomic E-state index is -3.05. The second kappa shape index (κ2) is 8.45. The molecule has 0 spiro atoms. The van der Waals surface area contributed by atoms with Crippen LogP contribution in [0.15, 0.2) is 0 Å². The fourth-order valence-corrected chi connectivity index (χ4v) is 3.33. The molecule has 1 aliphatic heterocycles. The van der Waals surface area contributed by atoms with Gasteiger partial charge in [-0.3, -0.25) is 4.79 Å². The number of likely N-dealkylation sites (tertiary alicyclic amines) is 1. The molecule has 0 bridgehead atoms. The van der Waals surface area contributed by atoms with Gasteiger partial charge in [0.25, 0.3) is 5.92 Å². The first-order valence-corrected chi connectivity index (χ1v) is 9.25. The van der Waals surface area contributed by atoms with Crippen LogP contribution >= 0.6 is 15.9 Å². The fourth-order valence-electron chi connectivity index (χ4n) is 2.55. The Bertz CT molecular complexity index is 455. The monoisotopic (exact) mass is 412 g/mol. The third-order valence-electron chi connectivity index (χ3n) is 3.56. The molecule has 1 aliphatic rings. The van der Waals surface area contributed by atoms with E-state index in [2.05, 4.69) is 21.2 Å². The molecular weight excluding hydrogens is 386 g/mol. The smallest absolute Gasteiger partial charge is 0.410 e. The molecular formula is C16H27BrF2N2O3. The van der Waals surface area contributed by atoms with E-state index in [-0.39, 0.29) is 24.8 Å². The van der Waals surface area contributed by atoms with Crippen molar-refractivity contribution in [2.24, 2.45) is 5.92 Å². The molecule has 1 saturated heterocycles. The van der Waals surface area contributed by atoms with Crippen LogP contribution in [0.4, 0.5) is 13.6 Å². The molecule has 0 radical (unpaired) electrons. The van der Waals surface area contributed by atoms with Crippen molar-refractivity contribution in [1.82, 2.24) is 10.2 Å². The summed E-state index contributed by atoms with van der Waals surface area (Å²) in [5, 5.41) is 3.41. The zero-order valence-corrected chi connectivity index (χ0v) is 16.3. The van der Waals surface area contributed by atoms with E-state index < -0.39 is 36.6 Å². The highest BCUT2D eigenvalue weighted by Gasteiger charge is 2.43. The minimum Gasteiger partial charge on any atom is -0.444 e. The largest absolute Gasteiger partial charge is 0.444 e. The molecule has 8 heteroatoms. The van der Waals surface area contributed by atoms with Gasteiger partial charge >= 0.3 is 6.09 Å². The number of nitrogens with zero attached hydrogens (tertiary/aromatic N) is 1. The number of amides is 2. The third kappa shape index (κ3) is 7.77. The highest BCUT2D eigenvalue weighted by atomic mass is 79.9. The van der Waals surface area contributed by atoms with Gasteiger partial charge in [0.05, 0.1) is 12.6 Å². The Balaban J connectivity index is 2.65. The molecule has 0 aromatic carbocycles. The molecule has 0 aromatic heterocycles. The van der Waals surface area contributed by atoms with Crippen LogP contribution in [-0.2, 0) is 9.53 Å². The molecule has 0 aliphatic carbocycles. The topological polar surface area (TPSA) is 58.6 Å². The lowest BCUT2D eigenvalue weighted by Gasteiger charge is -2.38. The van der Waals surface area contributed by atoms with Crippen molar-refractivity contribution in [3.05, 3.63) is 0 Å². The van der Waals surface area contributed by atoms with Gasteiger partial charge in [0.15, 0.2) is 0 Å². The van der Waals surface area contributed by atoms with Crippen molar-refractivity contribution in [3.8, 4) is 0 Å². The summed E-state index contributed by atoms with van der Waals surface area (Å²) in [6.07, 6.45) is -0.141. The van der Waals surface area contributed by atoms with Crippen LogP contribution in [0, 0.1) is 5.92 Å². The molecule has 1 rings (SSSR count). The first-order valence-electron chi connectivity index (χ1n) is 8.13. The number of halogens is 3. The second-order valence-corrected chi connectivity index (χ2v) is 8.27. The van der Waals surface area contributed by atoms with Gasteiger partial charge in [-0.15, -0.1) is 0 Å². The number of piperidine rings is 1. The van der Waals surface area contributed by atoms with E-state index in [0.717, 1.165) is 16.7 Å². The van der Waals surface area contributed by atoms with Crippen LogP contribution in [-0.4, -0.2) is 52.9 Å². The van der Waals surface area contributed by atoms with Crippen molar-refractivity contribution < 1.29 is 23.1 Å². The number of carbonyl (C=O) groups excluding carboxylic acids is 2. The van der Waals surface area contributed by atoms with Gasteiger partial charge in [0.2, 0.25) is 5.91 Å². The Morgan fingerprint density at radius 1 is 1.42 bits per heavy atom. The molecule has 0 aromatic rings. The Morgan fingerprint density at radius 3 is 2.58 bits per heavy atom. The zero-order valence-electron chi connectivity index (χ0n) is 14.7. The molecule has 24 heavy (non-hydrogen) atoms. The molecule has 140 valence electrons. The van der Waals surface area contributed by atoms with Crippen LogP contribution in [0.2, 0.25) is 0 Å². The third-order valence-corrected chi connectivity index (χ3v) is 4.02. The normalized spacial score (nSPS) is 22.0. The number of nitrogens with one attached hydrogen (secondary N) is 1. The molecule has 5 nitrogen and oxygen atoms in total. The number of carbonyl (C=O) groups is 2. The summed E-state index contributed by atoms with van der Waals surface area (Å²) in [7, 11) is 0. The summed E-state index contributed by atoms with van der Waals surface area (Å²) >= 11 is 3.31. The second-order valence-electron chi connectivity index (χ2n) is 7.47. The standard InChI is InChI=1S/C16H27BrF2N2O3/c1-11(5-6-17)7-13(22)20-12-8-16(18,19)10-21(9-12)14(23)24-15(2,3)4/h11-12H,5-10H2,1-4H3,(H,20,22)/t11?,12-/m1/s1. The van der Waals surface area contributed by atoms with Crippen molar-refractivity contribution in [2.45, 2.75) is 64.5 Å². The number of hydrogen-bond donors (Lipinski definition) is 1. The van der Waals surface area contributed by atoms with Gasteiger partial charge in [-0.2, -0.15) is 0 Å². The molecule has 2 amide bonds. The number of rotatable bonds is 5. The Kier molecular flexibility index (Phi) is 7.44.